The van der Waals surface area contributed by atoms with Crippen molar-refractivity contribution in [2.24, 2.45) is 0 Å². The van der Waals surface area contributed by atoms with E-state index in [1.54, 1.807) is 17.3 Å². The molecule has 0 bridgehead atoms. The van der Waals surface area contributed by atoms with E-state index in [0.29, 0.717) is 13.1 Å². The van der Waals surface area contributed by atoms with Gasteiger partial charge in [-0.2, -0.15) is 5.10 Å². The number of benzene rings is 2. The van der Waals surface area contributed by atoms with Gasteiger partial charge in [0.25, 0.3) is 0 Å². The van der Waals surface area contributed by atoms with Crippen LogP contribution in [0.25, 0.3) is 0 Å². The number of anilines is 1. The van der Waals surface area contributed by atoms with E-state index in [1.807, 2.05) is 25.1 Å². The minimum absolute atomic E-state index is 0.685. The maximum absolute atomic E-state index is 6.29. The molecule has 112 valence electrons. The molecule has 0 spiro atoms. The Bertz CT molecular complexity index is 753. The van der Waals surface area contributed by atoms with Gasteiger partial charge in [0.1, 0.15) is 12.7 Å². The average molecular weight is 313 g/mol. The Labute approximate surface area is 134 Å². The zero-order chi connectivity index (χ0) is 15.4. The summed E-state index contributed by atoms with van der Waals surface area (Å²) in [6.45, 7) is 3.41. The van der Waals surface area contributed by atoms with Gasteiger partial charge in [-0.1, -0.05) is 41.9 Å². The van der Waals surface area contributed by atoms with Gasteiger partial charge in [0.05, 0.1) is 6.54 Å². The van der Waals surface area contributed by atoms with E-state index < -0.39 is 0 Å². The van der Waals surface area contributed by atoms with Crippen LogP contribution in [0.3, 0.4) is 0 Å². The third kappa shape index (κ3) is 3.46. The van der Waals surface area contributed by atoms with Crippen molar-refractivity contribution >= 4 is 17.3 Å². The summed E-state index contributed by atoms with van der Waals surface area (Å²) in [6.07, 6.45) is 3.26. The van der Waals surface area contributed by atoms with Gasteiger partial charge in [-0.15, -0.1) is 0 Å². The van der Waals surface area contributed by atoms with Crippen molar-refractivity contribution < 1.29 is 0 Å². The molecule has 0 fully saturated rings. The lowest BCUT2D eigenvalue weighted by Gasteiger charge is -2.13. The maximum Gasteiger partial charge on any atom is 0.137 e. The predicted molar refractivity (Wildman–Crippen MR) is 89.1 cm³/mol. The lowest BCUT2D eigenvalue weighted by Crippen LogP contribution is -2.06. The fourth-order valence-electron chi connectivity index (χ4n) is 2.31. The lowest BCUT2D eigenvalue weighted by molar-refractivity contribution is 0.685. The molecule has 0 amide bonds. The van der Waals surface area contributed by atoms with Crippen LogP contribution in [0, 0.1) is 6.92 Å². The number of nitrogens with zero attached hydrogens (tertiary/aromatic N) is 3. The number of aromatic nitrogens is 3. The van der Waals surface area contributed by atoms with Gasteiger partial charge in [0.15, 0.2) is 0 Å². The number of hydrogen-bond donors (Lipinski definition) is 1. The predicted octanol–water partition coefficient (Wildman–Crippen LogP) is 3.90. The van der Waals surface area contributed by atoms with Crippen LogP contribution in [-0.4, -0.2) is 14.8 Å². The highest BCUT2D eigenvalue weighted by atomic mass is 35.5. The molecule has 22 heavy (non-hydrogen) atoms. The fourth-order valence-corrected chi connectivity index (χ4v) is 2.61. The van der Waals surface area contributed by atoms with Crippen LogP contribution in [0.5, 0.6) is 0 Å². The molecule has 0 saturated heterocycles. The first-order chi connectivity index (χ1) is 10.7. The monoisotopic (exact) mass is 312 g/mol. The molecule has 3 rings (SSSR count). The summed E-state index contributed by atoms with van der Waals surface area (Å²) >= 11 is 6.29. The highest BCUT2D eigenvalue weighted by Crippen LogP contribution is 2.21. The van der Waals surface area contributed by atoms with E-state index in [0.717, 1.165) is 21.8 Å². The Balaban J connectivity index is 1.75. The number of halogens is 1. The quantitative estimate of drug-likeness (QED) is 0.777. The van der Waals surface area contributed by atoms with Crippen molar-refractivity contribution in [2.45, 2.75) is 20.0 Å². The molecule has 0 aliphatic rings. The molecule has 1 N–H and O–H groups in total. The largest absolute Gasteiger partial charge is 0.381 e. The van der Waals surface area contributed by atoms with Crippen molar-refractivity contribution in [1.82, 2.24) is 14.8 Å². The molecule has 0 aliphatic heterocycles. The van der Waals surface area contributed by atoms with E-state index >= 15 is 0 Å². The van der Waals surface area contributed by atoms with Crippen molar-refractivity contribution in [3.05, 3.63) is 76.8 Å². The van der Waals surface area contributed by atoms with Crippen molar-refractivity contribution in [2.75, 3.05) is 5.32 Å². The number of hydrogen-bond acceptors (Lipinski definition) is 3. The highest BCUT2D eigenvalue weighted by Gasteiger charge is 2.05. The number of rotatable bonds is 5. The Morgan fingerprint density at radius 3 is 2.77 bits per heavy atom. The van der Waals surface area contributed by atoms with Crippen molar-refractivity contribution in [3.63, 3.8) is 0 Å². The van der Waals surface area contributed by atoms with E-state index in [2.05, 4.69) is 39.7 Å². The zero-order valence-corrected chi connectivity index (χ0v) is 13.1. The molecule has 0 atom stereocenters. The molecule has 0 radical (unpaired) electrons. The normalized spacial score (nSPS) is 10.6. The number of aryl methyl sites for hydroxylation is 1. The van der Waals surface area contributed by atoms with Crippen LogP contribution < -0.4 is 5.32 Å². The van der Waals surface area contributed by atoms with Crippen LogP contribution in [0.15, 0.2) is 55.1 Å². The summed E-state index contributed by atoms with van der Waals surface area (Å²) in [5.74, 6) is 0. The highest BCUT2D eigenvalue weighted by molar-refractivity contribution is 6.31. The topological polar surface area (TPSA) is 42.7 Å². The molecule has 2 aromatic carbocycles. The zero-order valence-electron chi connectivity index (χ0n) is 12.3. The molecule has 1 aromatic heterocycles. The maximum atomic E-state index is 6.29. The minimum Gasteiger partial charge on any atom is -0.381 e. The van der Waals surface area contributed by atoms with Gasteiger partial charge >= 0.3 is 0 Å². The van der Waals surface area contributed by atoms with Gasteiger partial charge in [0, 0.05) is 17.3 Å². The minimum atomic E-state index is 0.685. The SMILES string of the molecule is Cc1ccc(CNc2ccccc2Cn2cncn2)c(Cl)c1. The van der Waals surface area contributed by atoms with Crippen LogP contribution in [0.1, 0.15) is 16.7 Å². The second-order valence-corrected chi connectivity index (χ2v) is 5.61. The third-order valence-corrected chi connectivity index (χ3v) is 3.85. The Morgan fingerprint density at radius 2 is 2.00 bits per heavy atom. The summed E-state index contributed by atoms with van der Waals surface area (Å²) in [7, 11) is 0. The summed E-state index contributed by atoms with van der Waals surface area (Å²) < 4.78 is 1.80. The summed E-state index contributed by atoms with van der Waals surface area (Å²) in [5.41, 5.74) is 4.49. The van der Waals surface area contributed by atoms with Crippen LogP contribution in [0.2, 0.25) is 5.02 Å². The van der Waals surface area contributed by atoms with Gasteiger partial charge in [-0.05, 0) is 35.7 Å². The molecule has 0 aliphatic carbocycles. The van der Waals surface area contributed by atoms with Crippen molar-refractivity contribution in [1.29, 1.82) is 0 Å². The third-order valence-electron chi connectivity index (χ3n) is 3.49. The molecule has 0 saturated carbocycles. The van der Waals surface area contributed by atoms with E-state index in [1.165, 1.54) is 5.56 Å². The molecule has 4 nitrogen and oxygen atoms in total. The second-order valence-electron chi connectivity index (χ2n) is 5.20. The van der Waals surface area contributed by atoms with Crippen LogP contribution >= 0.6 is 11.6 Å². The second kappa shape index (κ2) is 6.62. The van der Waals surface area contributed by atoms with E-state index in [9.17, 15) is 0 Å². The van der Waals surface area contributed by atoms with E-state index in [-0.39, 0.29) is 0 Å². The number of nitrogens with one attached hydrogen (secondary N) is 1. The molecular weight excluding hydrogens is 296 g/mol. The molecule has 3 aromatic rings. The smallest absolute Gasteiger partial charge is 0.137 e. The Hall–Kier alpha value is -2.33. The van der Waals surface area contributed by atoms with Gasteiger partial charge < -0.3 is 5.32 Å². The molecule has 0 unspecified atom stereocenters. The van der Waals surface area contributed by atoms with Crippen molar-refractivity contribution in [3.8, 4) is 0 Å². The molecule has 1 heterocycles. The standard InChI is InChI=1S/C17H17ClN4/c1-13-6-7-14(16(18)8-13)9-20-17-5-3-2-4-15(17)10-22-12-19-11-21-22/h2-8,11-12,20H,9-10H2,1H3. The average Bonchev–Trinajstić information content (AvgIpc) is 3.01. The lowest BCUT2D eigenvalue weighted by atomic mass is 10.1. The summed E-state index contributed by atoms with van der Waals surface area (Å²) in [4.78, 5) is 3.98. The first-order valence-corrected chi connectivity index (χ1v) is 7.49. The Kier molecular flexibility index (Phi) is 4.39. The van der Waals surface area contributed by atoms with Crippen LogP contribution in [0.4, 0.5) is 5.69 Å². The fraction of sp³-hybridized carbons (Fsp3) is 0.176. The first kappa shape index (κ1) is 14.6. The van der Waals surface area contributed by atoms with Gasteiger partial charge in [-0.3, -0.25) is 0 Å². The van der Waals surface area contributed by atoms with Gasteiger partial charge in [0.2, 0.25) is 0 Å². The van der Waals surface area contributed by atoms with Gasteiger partial charge in [-0.25, -0.2) is 9.67 Å². The first-order valence-electron chi connectivity index (χ1n) is 7.11. The Morgan fingerprint density at radius 1 is 1.14 bits per heavy atom. The molecule has 5 heteroatoms. The summed E-state index contributed by atoms with van der Waals surface area (Å²) in [6, 6.07) is 14.3. The summed E-state index contributed by atoms with van der Waals surface area (Å²) in [5, 5.41) is 8.40. The van der Waals surface area contributed by atoms with E-state index in [4.69, 9.17) is 11.6 Å². The van der Waals surface area contributed by atoms with Crippen LogP contribution in [-0.2, 0) is 13.1 Å². The molecular formula is C17H17ClN4. The number of para-hydroxylation sites is 1.